The fraction of sp³-hybridized carbons (Fsp3) is 0.200. The zero-order chi connectivity index (χ0) is 20.4. The average Bonchev–Trinajstić information content (AvgIpc) is 3.07. The Labute approximate surface area is 165 Å². The van der Waals surface area contributed by atoms with Gasteiger partial charge in [0.1, 0.15) is 4.88 Å². The van der Waals surface area contributed by atoms with Gasteiger partial charge in [-0.2, -0.15) is 0 Å². The lowest BCUT2D eigenvalue weighted by atomic mass is 10.1. The van der Waals surface area contributed by atoms with Crippen LogP contribution in [0, 0.1) is 24.0 Å². The number of non-ortho nitro benzene ring substituents is 1. The van der Waals surface area contributed by atoms with E-state index in [0.717, 1.165) is 27.2 Å². The quantitative estimate of drug-likeness (QED) is 0.384. The topological polar surface area (TPSA) is 98.5 Å². The molecule has 0 aliphatic carbocycles. The third-order valence-electron chi connectivity index (χ3n) is 4.20. The van der Waals surface area contributed by atoms with Crippen LogP contribution in [0.3, 0.4) is 0 Å². The molecule has 2 aromatic carbocycles. The summed E-state index contributed by atoms with van der Waals surface area (Å²) in [5.74, 6) is -1.08. The zero-order valence-electron chi connectivity index (χ0n) is 15.5. The second-order valence-corrected chi connectivity index (χ2v) is 7.53. The number of rotatable bonds is 5. The lowest BCUT2D eigenvalue weighted by molar-refractivity contribution is -0.384. The SMILES string of the molecule is Cc1ccc(NC(=O)[C@@H](C)OC(=O)c2cc3cc([N+](=O)[O-])ccc3s2)c(C)c1. The van der Waals surface area contributed by atoms with Gasteiger partial charge < -0.3 is 10.1 Å². The van der Waals surface area contributed by atoms with Crippen molar-refractivity contribution in [3.05, 3.63) is 68.6 Å². The number of nitrogens with zero attached hydrogens (tertiary/aromatic N) is 1. The number of fused-ring (bicyclic) bond motifs is 1. The molecule has 1 aromatic heterocycles. The van der Waals surface area contributed by atoms with E-state index in [1.54, 1.807) is 12.1 Å². The Morgan fingerprint density at radius 2 is 1.89 bits per heavy atom. The van der Waals surface area contributed by atoms with Crippen molar-refractivity contribution in [1.82, 2.24) is 0 Å². The average molecular weight is 398 g/mol. The van der Waals surface area contributed by atoms with E-state index in [9.17, 15) is 19.7 Å². The number of hydrogen-bond acceptors (Lipinski definition) is 6. The molecule has 0 fully saturated rings. The van der Waals surface area contributed by atoms with Gasteiger partial charge in [0.25, 0.3) is 11.6 Å². The molecule has 8 heteroatoms. The van der Waals surface area contributed by atoms with Crippen LogP contribution in [-0.2, 0) is 9.53 Å². The van der Waals surface area contributed by atoms with Crippen molar-refractivity contribution in [3.8, 4) is 0 Å². The van der Waals surface area contributed by atoms with Crippen LogP contribution < -0.4 is 5.32 Å². The summed E-state index contributed by atoms with van der Waals surface area (Å²) >= 11 is 1.16. The number of nitro groups is 1. The predicted octanol–water partition coefficient (Wildman–Crippen LogP) is 4.61. The third-order valence-corrected chi connectivity index (χ3v) is 5.30. The highest BCUT2D eigenvalue weighted by Gasteiger charge is 2.21. The Kier molecular flexibility index (Phi) is 5.41. The summed E-state index contributed by atoms with van der Waals surface area (Å²) in [4.78, 5) is 35.4. The van der Waals surface area contributed by atoms with Crippen molar-refractivity contribution in [1.29, 1.82) is 0 Å². The number of esters is 1. The molecule has 1 amide bonds. The number of nitro benzene ring substituents is 1. The first kappa shape index (κ1) is 19.5. The fourth-order valence-corrected chi connectivity index (χ4v) is 3.63. The van der Waals surface area contributed by atoms with Crippen LogP contribution in [0.1, 0.15) is 27.7 Å². The monoisotopic (exact) mass is 398 g/mol. The standard InChI is InChI=1S/C20H18N2O5S/c1-11-4-6-16(12(2)8-11)21-19(23)13(3)27-20(24)18-10-14-9-15(22(25)26)5-7-17(14)28-18/h4-10,13H,1-3H3,(H,21,23)/t13-/m1/s1. The van der Waals surface area contributed by atoms with Crippen molar-refractivity contribution in [2.45, 2.75) is 26.9 Å². The number of thiophene rings is 1. The highest BCUT2D eigenvalue weighted by Crippen LogP contribution is 2.29. The number of hydrogen-bond donors (Lipinski definition) is 1. The van der Waals surface area contributed by atoms with Gasteiger partial charge in [-0.25, -0.2) is 4.79 Å². The number of nitrogens with one attached hydrogen (secondary N) is 1. The second kappa shape index (κ2) is 7.77. The summed E-state index contributed by atoms with van der Waals surface area (Å²) < 4.78 is 5.99. The van der Waals surface area contributed by atoms with Crippen molar-refractivity contribution in [2.24, 2.45) is 0 Å². The van der Waals surface area contributed by atoms with Crippen molar-refractivity contribution in [2.75, 3.05) is 5.32 Å². The van der Waals surface area contributed by atoms with Crippen LogP contribution >= 0.6 is 11.3 Å². The van der Waals surface area contributed by atoms with Crippen LogP contribution in [0.4, 0.5) is 11.4 Å². The normalized spacial score (nSPS) is 11.8. The van der Waals surface area contributed by atoms with Gasteiger partial charge in [0.15, 0.2) is 6.10 Å². The van der Waals surface area contributed by atoms with E-state index in [0.29, 0.717) is 11.1 Å². The molecule has 0 radical (unpaired) electrons. The van der Waals surface area contributed by atoms with Gasteiger partial charge in [0.05, 0.1) is 4.92 Å². The molecule has 3 aromatic rings. The van der Waals surface area contributed by atoms with Gasteiger partial charge in [-0.1, -0.05) is 17.7 Å². The molecular formula is C20H18N2O5S. The summed E-state index contributed by atoms with van der Waals surface area (Å²) in [5, 5.41) is 14.2. The van der Waals surface area contributed by atoms with Crippen LogP contribution in [0.5, 0.6) is 0 Å². The van der Waals surface area contributed by atoms with Gasteiger partial charge in [-0.05, 0) is 44.5 Å². The summed E-state index contributed by atoms with van der Waals surface area (Å²) in [5.41, 5.74) is 2.61. The number of benzene rings is 2. The van der Waals surface area contributed by atoms with E-state index < -0.39 is 22.9 Å². The molecule has 7 nitrogen and oxygen atoms in total. The van der Waals surface area contributed by atoms with Crippen molar-refractivity contribution >= 4 is 44.7 Å². The highest BCUT2D eigenvalue weighted by atomic mass is 32.1. The largest absolute Gasteiger partial charge is 0.448 e. The van der Waals surface area contributed by atoms with Crippen molar-refractivity contribution in [3.63, 3.8) is 0 Å². The minimum atomic E-state index is -0.993. The second-order valence-electron chi connectivity index (χ2n) is 6.45. The smallest absolute Gasteiger partial charge is 0.349 e. The van der Waals surface area contributed by atoms with Gasteiger partial charge in [-0.3, -0.25) is 14.9 Å². The Morgan fingerprint density at radius 3 is 2.57 bits per heavy atom. The van der Waals surface area contributed by atoms with E-state index in [4.69, 9.17) is 4.74 Å². The Bertz CT molecular complexity index is 1090. The highest BCUT2D eigenvalue weighted by molar-refractivity contribution is 7.20. The molecule has 1 N–H and O–H groups in total. The van der Waals surface area contributed by atoms with E-state index in [1.807, 2.05) is 26.0 Å². The van der Waals surface area contributed by atoms with E-state index in [-0.39, 0.29) is 10.6 Å². The number of ether oxygens (including phenoxy) is 1. The maximum atomic E-state index is 12.4. The van der Waals surface area contributed by atoms with Crippen LogP contribution in [0.25, 0.3) is 10.1 Å². The number of carbonyl (C=O) groups is 2. The van der Waals surface area contributed by atoms with Crippen molar-refractivity contribution < 1.29 is 19.2 Å². The van der Waals surface area contributed by atoms with E-state index >= 15 is 0 Å². The summed E-state index contributed by atoms with van der Waals surface area (Å²) in [6.07, 6.45) is -0.993. The number of aryl methyl sites for hydroxylation is 2. The minimum absolute atomic E-state index is 0.0496. The molecule has 0 saturated heterocycles. The van der Waals surface area contributed by atoms with E-state index in [2.05, 4.69) is 5.32 Å². The Hall–Kier alpha value is -3.26. The zero-order valence-corrected chi connectivity index (χ0v) is 16.3. The number of carbonyl (C=O) groups excluding carboxylic acids is 2. The lowest BCUT2D eigenvalue weighted by Crippen LogP contribution is -2.30. The molecular weight excluding hydrogens is 380 g/mol. The van der Waals surface area contributed by atoms with Crippen LogP contribution in [-0.4, -0.2) is 22.9 Å². The maximum absolute atomic E-state index is 12.4. The van der Waals surface area contributed by atoms with Gasteiger partial charge in [-0.15, -0.1) is 11.3 Å². The molecule has 1 heterocycles. The molecule has 0 aliphatic rings. The molecule has 28 heavy (non-hydrogen) atoms. The molecule has 0 spiro atoms. The third kappa shape index (κ3) is 4.17. The van der Waals surface area contributed by atoms with E-state index in [1.165, 1.54) is 25.1 Å². The summed E-state index contributed by atoms with van der Waals surface area (Å²) in [6.45, 7) is 5.34. The first-order valence-corrected chi connectivity index (χ1v) is 9.33. The summed E-state index contributed by atoms with van der Waals surface area (Å²) in [6, 6.07) is 11.5. The molecule has 0 saturated carbocycles. The first-order chi connectivity index (χ1) is 13.2. The van der Waals surface area contributed by atoms with Crippen LogP contribution in [0.15, 0.2) is 42.5 Å². The Balaban J connectivity index is 1.70. The molecule has 3 rings (SSSR count). The van der Waals surface area contributed by atoms with Gasteiger partial charge in [0, 0.05) is 27.9 Å². The number of amides is 1. The molecule has 1 atom stereocenters. The fourth-order valence-electron chi connectivity index (χ4n) is 2.71. The van der Waals surface area contributed by atoms with Gasteiger partial charge in [0.2, 0.25) is 0 Å². The minimum Gasteiger partial charge on any atom is -0.448 e. The Morgan fingerprint density at radius 1 is 1.14 bits per heavy atom. The maximum Gasteiger partial charge on any atom is 0.349 e. The lowest BCUT2D eigenvalue weighted by Gasteiger charge is -2.14. The van der Waals surface area contributed by atoms with Gasteiger partial charge >= 0.3 is 5.97 Å². The molecule has 0 bridgehead atoms. The molecule has 0 unspecified atom stereocenters. The molecule has 0 aliphatic heterocycles. The first-order valence-electron chi connectivity index (χ1n) is 8.51. The van der Waals surface area contributed by atoms with Crippen LogP contribution in [0.2, 0.25) is 0 Å². The molecule has 144 valence electrons. The number of anilines is 1. The summed E-state index contributed by atoms with van der Waals surface area (Å²) in [7, 11) is 0. The predicted molar refractivity (Wildman–Crippen MR) is 108 cm³/mol.